The molecule has 2 fully saturated rings. The molecule has 3 nitrogen and oxygen atoms in total. The minimum Gasteiger partial charge on any atom is -0.342 e. The van der Waals surface area contributed by atoms with Gasteiger partial charge in [-0.1, -0.05) is 41.5 Å². The first-order valence-electron chi connectivity index (χ1n) is 10.3. The van der Waals surface area contributed by atoms with Gasteiger partial charge in [0.05, 0.1) is 0 Å². The van der Waals surface area contributed by atoms with Crippen LogP contribution in [0.5, 0.6) is 0 Å². The lowest BCUT2D eigenvalue weighted by Crippen LogP contribution is -2.45. The highest BCUT2D eigenvalue weighted by molar-refractivity contribution is 5.86. The molecule has 1 saturated heterocycles. The Morgan fingerprint density at radius 1 is 0.800 bits per heavy atom. The fourth-order valence-corrected chi connectivity index (χ4v) is 4.71. The zero-order valence-electron chi connectivity index (χ0n) is 17.4. The van der Waals surface area contributed by atoms with Gasteiger partial charge in [0.1, 0.15) is 5.78 Å². The first kappa shape index (κ1) is 20.5. The van der Waals surface area contributed by atoms with Crippen molar-refractivity contribution in [3.05, 3.63) is 0 Å². The number of nitrogens with zero attached hydrogens (tertiary/aromatic N) is 1. The lowest BCUT2D eigenvalue weighted by atomic mass is 9.74. The van der Waals surface area contributed by atoms with Crippen molar-refractivity contribution < 1.29 is 9.59 Å². The zero-order valence-corrected chi connectivity index (χ0v) is 17.4. The SMILES string of the molecule is CC(C)(C)C[C@H]1CC[C@H](C(=O)N2CCC(C(=O)C(C)(C)C)CC2)CC1. The van der Waals surface area contributed by atoms with Crippen molar-refractivity contribution in [1.29, 1.82) is 0 Å². The Morgan fingerprint density at radius 2 is 1.32 bits per heavy atom. The molecule has 144 valence electrons. The Morgan fingerprint density at radius 3 is 1.76 bits per heavy atom. The number of Topliss-reactive ketones (excluding diaryl/α,β-unsaturated/α-hetero) is 1. The molecule has 1 heterocycles. The van der Waals surface area contributed by atoms with Crippen molar-refractivity contribution in [3.8, 4) is 0 Å². The van der Waals surface area contributed by atoms with E-state index in [4.69, 9.17) is 0 Å². The fraction of sp³-hybridized carbons (Fsp3) is 0.909. The monoisotopic (exact) mass is 349 g/mol. The van der Waals surface area contributed by atoms with Crippen molar-refractivity contribution in [2.75, 3.05) is 13.1 Å². The molecule has 2 aliphatic rings. The normalized spacial score (nSPS) is 26.6. The molecule has 3 heteroatoms. The van der Waals surface area contributed by atoms with Crippen LogP contribution in [0.2, 0.25) is 0 Å². The Kier molecular flexibility index (Phi) is 6.38. The molecule has 0 aromatic rings. The molecule has 0 aromatic carbocycles. The quantitative estimate of drug-likeness (QED) is 0.712. The van der Waals surface area contributed by atoms with E-state index < -0.39 is 0 Å². The number of likely N-dealkylation sites (tertiary alicyclic amines) is 1. The maximum absolute atomic E-state index is 12.9. The zero-order chi connectivity index (χ0) is 18.8. The molecule has 0 bridgehead atoms. The predicted octanol–water partition coefficient (Wildman–Crippen LogP) is 5.08. The summed E-state index contributed by atoms with van der Waals surface area (Å²) in [5.74, 6) is 1.88. The van der Waals surface area contributed by atoms with E-state index >= 15 is 0 Å². The van der Waals surface area contributed by atoms with Gasteiger partial charge in [0, 0.05) is 30.3 Å². The summed E-state index contributed by atoms with van der Waals surface area (Å²) in [7, 11) is 0. The van der Waals surface area contributed by atoms with E-state index in [1.54, 1.807) is 0 Å². The van der Waals surface area contributed by atoms with E-state index in [-0.39, 0.29) is 17.3 Å². The van der Waals surface area contributed by atoms with Gasteiger partial charge in [-0.25, -0.2) is 0 Å². The van der Waals surface area contributed by atoms with Gasteiger partial charge in [0.25, 0.3) is 0 Å². The van der Waals surface area contributed by atoms with E-state index in [0.717, 1.165) is 44.7 Å². The fourth-order valence-electron chi connectivity index (χ4n) is 4.71. The first-order valence-corrected chi connectivity index (χ1v) is 10.3. The van der Waals surface area contributed by atoms with E-state index in [0.29, 0.717) is 17.1 Å². The first-order chi connectivity index (χ1) is 11.5. The highest BCUT2D eigenvalue weighted by Gasteiger charge is 2.36. The van der Waals surface area contributed by atoms with Crippen molar-refractivity contribution in [1.82, 2.24) is 4.90 Å². The number of piperidine rings is 1. The molecule has 1 saturated carbocycles. The second-order valence-corrected chi connectivity index (χ2v) is 10.7. The van der Waals surface area contributed by atoms with Crippen molar-refractivity contribution in [3.63, 3.8) is 0 Å². The highest BCUT2D eigenvalue weighted by Crippen LogP contribution is 2.37. The molecule has 1 amide bonds. The van der Waals surface area contributed by atoms with Crippen LogP contribution in [0.15, 0.2) is 0 Å². The van der Waals surface area contributed by atoms with Crippen molar-refractivity contribution in [2.24, 2.45) is 28.6 Å². The Hall–Kier alpha value is -0.860. The Labute approximate surface area is 154 Å². The summed E-state index contributed by atoms with van der Waals surface area (Å²) in [5.41, 5.74) is 0.130. The van der Waals surface area contributed by atoms with Gasteiger partial charge >= 0.3 is 0 Å². The number of carbonyl (C=O) groups is 2. The maximum atomic E-state index is 12.9. The molecule has 1 aliphatic heterocycles. The van der Waals surface area contributed by atoms with Gasteiger partial charge in [0.15, 0.2) is 0 Å². The molecule has 0 aromatic heterocycles. The molecular formula is C22H39NO2. The lowest BCUT2D eigenvalue weighted by Gasteiger charge is -2.38. The molecule has 0 spiro atoms. The molecule has 1 aliphatic carbocycles. The minimum absolute atomic E-state index is 0.145. The second kappa shape index (κ2) is 7.80. The Balaban J connectivity index is 1.79. The van der Waals surface area contributed by atoms with Gasteiger partial charge in [-0.05, 0) is 56.3 Å². The number of rotatable bonds is 3. The van der Waals surface area contributed by atoms with Gasteiger partial charge < -0.3 is 4.90 Å². The maximum Gasteiger partial charge on any atom is 0.225 e. The lowest BCUT2D eigenvalue weighted by molar-refractivity contribution is -0.141. The van der Waals surface area contributed by atoms with Gasteiger partial charge in [-0.3, -0.25) is 9.59 Å². The number of hydrogen-bond donors (Lipinski definition) is 0. The third-order valence-electron chi connectivity index (χ3n) is 6.01. The van der Waals surface area contributed by atoms with E-state index in [2.05, 4.69) is 20.8 Å². The standard InChI is InChI=1S/C22H39NO2/c1-21(2,3)15-16-7-9-18(10-8-16)20(25)23-13-11-17(12-14-23)19(24)22(4,5)6/h16-18H,7-15H2,1-6H3/t16-,18-. The summed E-state index contributed by atoms with van der Waals surface area (Å²) < 4.78 is 0. The van der Waals surface area contributed by atoms with Crippen LogP contribution in [0.1, 0.15) is 86.5 Å². The summed E-state index contributed by atoms with van der Waals surface area (Å²) in [5, 5.41) is 0. The molecular weight excluding hydrogens is 310 g/mol. The molecule has 0 atom stereocenters. The third-order valence-corrected chi connectivity index (χ3v) is 6.01. The van der Waals surface area contributed by atoms with Crippen LogP contribution in [0.4, 0.5) is 0 Å². The predicted molar refractivity (Wildman–Crippen MR) is 103 cm³/mol. The van der Waals surface area contributed by atoms with Crippen LogP contribution in [0, 0.1) is 28.6 Å². The molecule has 0 unspecified atom stereocenters. The number of carbonyl (C=O) groups excluding carboxylic acids is 2. The van der Waals surface area contributed by atoms with Crippen LogP contribution >= 0.6 is 0 Å². The number of ketones is 1. The average Bonchev–Trinajstić information content (AvgIpc) is 2.52. The summed E-state index contributed by atoms with van der Waals surface area (Å²) in [6.07, 6.45) is 7.48. The van der Waals surface area contributed by atoms with E-state index in [1.165, 1.54) is 19.3 Å². The van der Waals surface area contributed by atoms with Crippen LogP contribution < -0.4 is 0 Å². The van der Waals surface area contributed by atoms with Gasteiger partial charge in [-0.15, -0.1) is 0 Å². The Bertz CT molecular complexity index is 467. The summed E-state index contributed by atoms with van der Waals surface area (Å²) >= 11 is 0. The van der Waals surface area contributed by atoms with Gasteiger partial charge in [-0.2, -0.15) is 0 Å². The largest absolute Gasteiger partial charge is 0.342 e. The minimum atomic E-state index is -0.262. The molecule has 0 N–H and O–H groups in total. The summed E-state index contributed by atoms with van der Waals surface area (Å²) in [6.45, 7) is 14.5. The smallest absolute Gasteiger partial charge is 0.225 e. The van der Waals surface area contributed by atoms with Crippen LogP contribution in [-0.4, -0.2) is 29.7 Å². The summed E-state index contributed by atoms with van der Waals surface area (Å²) in [4.78, 5) is 27.3. The van der Waals surface area contributed by atoms with Crippen molar-refractivity contribution in [2.45, 2.75) is 86.5 Å². The van der Waals surface area contributed by atoms with E-state index in [1.807, 2.05) is 25.7 Å². The second-order valence-electron chi connectivity index (χ2n) is 10.7. The van der Waals surface area contributed by atoms with Crippen molar-refractivity contribution >= 4 is 11.7 Å². The molecule has 25 heavy (non-hydrogen) atoms. The topological polar surface area (TPSA) is 37.4 Å². The van der Waals surface area contributed by atoms with Crippen LogP contribution in [0.25, 0.3) is 0 Å². The number of hydrogen-bond acceptors (Lipinski definition) is 2. The summed E-state index contributed by atoms with van der Waals surface area (Å²) in [6, 6.07) is 0. The molecule has 0 radical (unpaired) electrons. The van der Waals surface area contributed by atoms with E-state index in [9.17, 15) is 9.59 Å². The third kappa shape index (κ3) is 5.82. The number of amides is 1. The average molecular weight is 350 g/mol. The van der Waals surface area contributed by atoms with Crippen LogP contribution in [-0.2, 0) is 9.59 Å². The highest BCUT2D eigenvalue weighted by atomic mass is 16.2. The van der Waals surface area contributed by atoms with Gasteiger partial charge in [0.2, 0.25) is 5.91 Å². The van der Waals surface area contributed by atoms with Crippen LogP contribution in [0.3, 0.4) is 0 Å². The molecule has 2 rings (SSSR count).